The minimum absolute atomic E-state index is 0.141. The fourth-order valence-corrected chi connectivity index (χ4v) is 1.71. The second-order valence-electron chi connectivity index (χ2n) is 2.40. The lowest BCUT2D eigenvalue weighted by molar-refractivity contribution is 0.0987. The number of Topliss-reactive ketones (excluding diaryl/α,β-unsaturated/α-hetero) is 1. The first-order valence-corrected chi connectivity index (χ1v) is 5.09. The van der Waals surface area contributed by atoms with Crippen molar-refractivity contribution >= 4 is 40.0 Å². The number of halogens is 2. The normalized spacial score (nSPS) is 9.92. The lowest BCUT2D eigenvalue weighted by Gasteiger charge is -2.01. The molecule has 0 heterocycles. The number of ketones is 1. The van der Waals surface area contributed by atoms with Gasteiger partial charge >= 0.3 is 0 Å². The zero-order valence-electron chi connectivity index (χ0n) is 6.60. The first-order chi connectivity index (χ1) is 5.65. The Morgan fingerprint density at radius 3 is 2.83 bits per heavy atom. The Balaban J connectivity index is 3.13. The van der Waals surface area contributed by atoms with Crippen LogP contribution in [0.5, 0.6) is 0 Å². The summed E-state index contributed by atoms with van der Waals surface area (Å²) in [5.41, 5.74) is 0.727. The molecule has 0 amide bonds. The average Bonchev–Trinajstić information content (AvgIpc) is 2.08. The fourth-order valence-electron chi connectivity index (χ4n) is 0.902. The molecule has 0 aliphatic heterocycles. The number of carbonyl (C=O) groups is 1. The highest BCUT2D eigenvalue weighted by atomic mass is 127. The smallest absolute Gasteiger partial charge is 0.163 e. The maximum absolute atomic E-state index is 11.3. The van der Waals surface area contributed by atoms with Crippen molar-refractivity contribution < 1.29 is 4.79 Å². The highest BCUT2D eigenvalue weighted by Gasteiger charge is 2.07. The summed E-state index contributed by atoms with van der Waals surface area (Å²) in [6, 6.07) is 5.36. The predicted molar refractivity (Wildman–Crippen MR) is 58.8 cm³/mol. The third-order valence-electron chi connectivity index (χ3n) is 1.55. The van der Waals surface area contributed by atoms with Crippen molar-refractivity contribution in [3.8, 4) is 0 Å². The summed E-state index contributed by atoms with van der Waals surface area (Å²) in [6.45, 7) is 1.85. The lowest BCUT2D eigenvalue weighted by atomic mass is 10.1. The van der Waals surface area contributed by atoms with Gasteiger partial charge in [-0.25, -0.2) is 0 Å². The quantitative estimate of drug-likeness (QED) is 0.602. The second kappa shape index (κ2) is 4.23. The van der Waals surface area contributed by atoms with Gasteiger partial charge in [-0.3, -0.25) is 4.79 Å². The summed E-state index contributed by atoms with van der Waals surface area (Å²) in [7, 11) is 0. The summed E-state index contributed by atoms with van der Waals surface area (Å²) in [5, 5.41) is 0.618. The first-order valence-electron chi connectivity index (χ1n) is 3.63. The average molecular weight is 295 g/mol. The van der Waals surface area contributed by atoms with Crippen LogP contribution in [0, 0.1) is 3.57 Å². The highest BCUT2D eigenvalue weighted by molar-refractivity contribution is 14.1. The largest absolute Gasteiger partial charge is 0.294 e. The van der Waals surface area contributed by atoms with Crippen LogP contribution in [0.4, 0.5) is 0 Å². The minimum atomic E-state index is 0.141. The van der Waals surface area contributed by atoms with Gasteiger partial charge in [0, 0.05) is 20.6 Å². The van der Waals surface area contributed by atoms with E-state index in [2.05, 4.69) is 22.6 Å². The van der Waals surface area contributed by atoms with E-state index in [1.54, 1.807) is 12.1 Å². The molecule has 1 rings (SSSR count). The van der Waals surface area contributed by atoms with Gasteiger partial charge in [0.1, 0.15) is 0 Å². The van der Waals surface area contributed by atoms with Gasteiger partial charge in [-0.15, -0.1) is 0 Å². The minimum Gasteiger partial charge on any atom is -0.294 e. The zero-order valence-corrected chi connectivity index (χ0v) is 9.52. The van der Waals surface area contributed by atoms with Crippen molar-refractivity contribution in [3.05, 3.63) is 32.4 Å². The molecule has 0 N–H and O–H groups in total. The van der Waals surface area contributed by atoms with Crippen LogP contribution < -0.4 is 0 Å². The van der Waals surface area contributed by atoms with E-state index in [9.17, 15) is 4.79 Å². The molecule has 1 aromatic carbocycles. The molecule has 0 aliphatic carbocycles. The molecule has 64 valence electrons. The van der Waals surface area contributed by atoms with Gasteiger partial charge in [-0.1, -0.05) is 18.5 Å². The topological polar surface area (TPSA) is 17.1 Å². The second-order valence-corrected chi connectivity index (χ2v) is 4.00. The van der Waals surface area contributed by atoms with Crippen molar-refractivity contribution in [1.29, 1.82) is 0 Å². The Morgan fingerprint density at radius 1 is 1.58 bits per heavy atom. The molecule has 1 aromatic rings. The van der Waals surface area contributed by atoms with Crippen LogP contribution in [0.15, 0.2) is 18.2 Å². The molecule has 0 spiro atoms. The van der Waals surface area contributed by atoms with Gasteiger partial charge in [0.2, 0.25) is 0 Å². The van der Waals surface area contributed by atoms with Gasteiger partial charge in [0.05, 0.1) is 0 Å². The Morgan fingerprint density at radius 2 is 2.25 bits per heavy atom. The molecule has 0 atom stereocenters. The van der Waals surface area contributed by atoms with Crippen LogP contribution in [0.2, 0.25) is 5.02 Å². The number of hydrogen-bond acceptors (Lipinski definition) is 1. The standard InChI is InChI=1S/C9H8ClIO/c1-2-9(12)7-5-6(10)3-4-8(7)11/h3-5H,2H2,1H3. The van der Waals surface area contributed by atoms with E-state index in [0.717, 1.165) is 9.13 Å². The van der Waals surface area contributed by atoms with E-state index >= 15 is 0 Å². The van der Waals surface area contributed by atoms with Crippen molar-refractivity contribution in [2.24, 2.45) is 0 Å². The van der Waals surface area contributed by atoms with Crippen LogP contribution in [-0.2, 0) is 0 Å². The van der Waals surface area contributed by atoms with Gasteiger partial charge < -0.3 is 0 Å². The van der Waals surface area contributed by atoms with Crippen LogP contribution in [0.25, 0.3) is 0 Å². The van der Waals surface area contributed by atoms with E-state index in [1.807, 2.05) is 13.0 Å². The molecule has 3 heteroatoms. The molecular weight excluding hydrogens is 286 g/mol. The fraction of sp³-hybridized carbons (Fsp3) is 0.222. The Labute approximate surface area is 90.3 Å². The van der Waals surface area contributed by atoms with Gasteiger partial charge in [-0.05, 0) is 40.8 Å². The number of benzene rings is 1. The highest BCUT2D eigenvalue weighted by Crippen LogP contribution is 2.19. The lowest BCUT2D eigenvalue weighted by Crippen LogP contribution is -1.99. The molecule has 0 unspecified atom stereocenters. The zero-order chi connectivity index (χ0) is 9.14. The third kappa shape index (κ3) is 2.20. The van der Waals surface area contributed by atoms with Crippen molar-refractivity contribution in [2.75, 3.05) is 0 Å². The summed E-state index contributed by atoms with van der Waals surface area (Å²) in [5.74, 6) is 0.141. The first kappa shape index (κ1) is 9.99. The molecule has 0 saturated heterocycles. The van der Waals surface area contributed by atoms with Gasteiger partial charge in [0.15, 0.2) is 5.78 Å². The summed E-state index contributed by atoms with van der Waals surface area (Å²) >= 11 is 7.90. The monoisotopic (exact) mass is 294 g/mol. The van der Waals surface area contributed by atoms with E-state index in [4.69, 9.17) is 11.6 Å². The van der Waals surface area contributed by atoms with E-state index < -0.39 is 0 Å². The molecule has 0 aromatic heterocycles. The van der Waals surface area contributed by atoms with Crippen LogP contribution in [-0.4, -0.2) is 5.78 Å². The molecule has 0 bridgehead atoms. The van der Waals surface area contributed by atoms with Crippen LogP contribution in [0.3, 0.4) is 0 Å². The van der Waals surface area contributed by atoms with Crippen LogP contribution in [0.1, 0.15) is 23.7 Å². The third-order valence-corrected chi connectivity index (χ3v) is 2.73. The Kier molecular flexibility index (Phi) is 3.53. The number of carbonyl (C=O) groups excluding carboxylic acids is 1. The summed E-state index contributed by atoms with van der Waals surface area (Å²) in [6.07, 6.45) is 0.524. The number of hydrogen-bond donors (Lipinski definition) is 0. The molecule has 0 fully saturated rings. The van der Waals surface area contributed by atoms with Crippen molar-refractivity contribution in [2.45, 2.75) is 13.3 Å². The molecule has 0 aliphatic rings. The Bertz CT molecular complexity index is 309. The van der Waals surface area contributed by atoms with Crippen molar-refractivity contribution in [1.82, 2.24) is 0 Å². The number of rotatable bonds is 2. The van der Waals surface area contributed by atoms with E-state index in [1.165, 1.54) is 0 Å². The molecule has 0 saturated carbocycles. The predicted octanol–water partition coefficient (Wildman–Crippen LogP) is 3.54. The maximum Gasteiger partial charge on any atom is 0.163 e. The Hall–Kier alpha value is -0.0900. The maximum atomic E-state index is 11.3. The van der Waals surface area contributed by atoms with E-state index in [0.29, 0.717) is 11.4 Å². The van der Waals surface area contributed by atoms with Gasteiger partial charge in [-0.2, -0.15) is 0 Å². The van der Waals surface area contributed by atoms with Gasteiger partial charge in [0.25, 0.3) is 0 Å². The van der Waals surface area contributed by atoms with E-state index in [-0.39, 0.29) is 5.78 Å². The SMILES string of the molecule is CCC(=O)c1cc(Cl)ccc1I. The van der Waals surface area contributed by atoms with Crippen molar-refractivity contribution in [3.63, 3.8) is 0 Å². The molecule has 1 nitrogen and oxygen atoms in total. The molecule has 0 radical (unpaired) electrons. The van der Waals surface area contributed by atoms with Crippen LogP contribution >= 0.6 is 34.2 Å². The summed E-state index contributed by atoms with van der Waals surface area (Å²) < 4.78 is 0.962. The molecular formula is C9H8ClIO. The summed E-state index contributed by atoms with van der Waals surface area (Å²) in [4.78, 5) is 11.3. The molecule has 12 heavy (non-hydrogen) atoms.